The monoisotopic (exact) mass is 513 g/mol. The van der Waals surface area contributed by atoms with Crippen molar-refractivity contribution in [1.82, 2.24) is 15.6 Å². The average molecular weight is 513 g/mol. The molecule has 1 aromatic carbocycles. The first-order valence-corrected chi connectivity index (χ1v) is 9.43. The van der Waals surface area contributed by atoms with Crippen LogP contribution in [0, 0.1) is 0 Å². The molecule has 0 radical (unpaired) electrons. The molecule has 2 rings (SSSR count). The number of rotatable bonds is 9. The van der Waals surface area contributed by atoms with Gasteiger partial charge in [-0.1, -0.05) is 12.1 Å². The maximum Gasteiger partial charge on any atom is 0.191 e. The highest BCUT2D eigenvalue weighted by molar-refractivity contribution is 14.0. The molecule has 8 heteroatoms. The number of methoxy groups -OCH3 is 2. The van der Waals surface area contributed by atoms with Crippen molar-refractivity contribution in [3.63, 3.8) is 0 Å². The van der Waals surface area contributed by atoms with E-state index in [1.165, 1.54) is 5.56 Å². The maximum absolute atomic E-state index is 5.37. The highest BCUT2D eigenvalue weighted by Gasteiger charge is 2.07. The molecular weight excluding hydrogens is 481 g/mol. The van der Waals surface area contributed by atoms with E-state index in [-0.39, 0.29) is 24.0 Å². The second-order valence-corrected chi connectivity index (χ2v) is 6.44. The number of halogens is 1. The minimum Gasteiger partial charge on any atom is -0.493 e. The van der Waals surface area contributed by atoms with E-state index in [0.29, 0.717) is 6.54 Å². The van der Waals surface area contributed by atoms with Crippen molar-refractivity contribution in [2.45, 2.75) is 19.9 Å². The lowest BCUT2D eigenvalue weighted by Gasteiger charge is -2.16. The van der Waals surface area contributed by atoms with E-state index in [1.807, 2.05) is 43.3 Å². The first-order valence-electron chi connectivity index (χ1n) is 9.43. The first-order chi connectivity index (χ1) is 13.6. The molecule has 1 aromatic heterocycles. The van der Waals surface area contributed by atoms with E-state index in [9.17, 15) is 0 Å². The Labute approximate surface area is 190 Å². The number of anilines is 1. The SMILES string of the molecule is CCNC(=NCc1cccnc1N(C)C)NCCc1ccc(OC)c(OC)c1.I. The van der Waals surface area contributed by atoms with Gasteiger partial charge in [0.1, 0.15) is 5.82 Å². The third kappa shape index (κ3) is 7.60. The van der Waals surface area contributed by atoms with Crippen molar-refractivity contribution in [2.24, 2.45) is 4.99 Å². The normalized spacial score (nSPS) is 10.7. The Bertz CT molecular complexity index is 783. The molecule has 0 aliphatic heterocycles. The molecule has 0 bridgehead atoms. The number of guanidine groups is 1. The maximum atomic E-state index is 5.37. The van der Waals surface area contributed by atoms with Crippen LogP contribution in [0.1, 0.15) is 18.1 Å². The topological polar surface area (TPSA) is 71.0 Å². The van der Waals surface area contributed by atoms with Crippen molar-refractivity contribution in [2.75, 3.05) is 46.3 Å². The summed E-state index contributed by atoms with van der Waals surface area (Å²) in [5, 5.41) is 6.68. The Morgan fingerprint density at radius 3 is 2.52 bits per heavy atom. The van der Waals surface area contributed by atoms with Crippen molar-refractivity contribution in [3.8, 4) is 11.5 Å². The summed E-state index contributed by atoms with van der Waals surface area (Å²) in [6.07, 6.45) is 2.65. The number of hydrogen-bond donors (Lipinski definition) is 2. The van der Waals surface area contributed by atoms with Crippen LogP contribution in [0.15, 0.2) is 41.5 Å². The Hall–Kier alpha value is -2.23. The molecule has 0 unspecified atom stereocenters. The summed E-state index contributed by atoms with van der Waals surface area (Å²) >= 11 is 0. The highest BCUT2D eigenvalue weighted by atomic mass is 127. The Morgan fingerprint density at radius 1 is 1.10 bits per heavy atom. The number of aliphatic imine (C=N–C) groups is 1. The number of ether oxygens (including phenoxy) is 2. The van der Waals surface area contributed by atoms with Gasteiger partial charge in [0.15, 0.2) is 17.5 Å². The fourth-order valence-corrected chi connectivity index (χ4v) is 2.82. The first kappa shape index (κ1) is 24.8. The smallest absolute Gasteiger partial charge is 0.191 e. The minimum atomic E-state index is 0. The zero-order valence-corrected chi connectivity index (χ0v) is 20.2. The standard InChI is InChI=1S/C21H31N5O2.HI/c1-6-22-21(25-15-17-8-7-12-23-20(17)26(2)3)24-13-11-16-9-10-18(27-4)19(14-16)28-5;/h7-10,12,14H,6,11,13,15H2,1-5H3,(H2,22,24,25);1H. The number of aromatic nitrogens is 1. The Kier molecular flexibility index (Phi) is 11.2. The lowest BCUT2D eigenvalue weighted by Crippen LogP contribution is -2.38. The Balaban J connectivity index is 0.00000420. The molecule has 0 atom stereocenters. The van der Waals surface area contributed by atoms with E-state index in [4.69, 9.17) is 14.5 Å². The van der Waals surface area contributed by atoms with Crippen LogP contribution in [0.5, 0.6) is 11.5 Å². The van der Waals surface area contributed by atoms with Gasteiger partial charge in [-0.3, -0.25) is 0 Å². The molecule has 7 nitrogen and oxygen atoms in total. The quantitative estimate of drug-likeness (QED) is 0.305. The van der Waals surface area contributed by atoms with E-state index in [2.05, 4.69) is 28.6 Å². The molecule has 2 aromatic rings. The van der Waals surface area contributed by atoms with E-state index < -0.39 is 0 Å². The number of pyridine rings is 1. The van der Waals surface area contributed by atoms with Gasteiger partial charge in [0.2, 0.25) is 0 Å². The molecule has 0 saturated heterocycles. The van der Waals surface area contributed by atoms with E-state index in [0.717, 1.165) is 48.4 Å². The van der Waals surface area contributed by atoms with Gasteiger partial charge in [0, 0.05) is 38.9 Å². The van der Waals surface area contributed by atoms with Gasteiger partial charge in [-0.15, -0.1) is 24.0 Å². The lowest BCUT2D eigenvalue weighted by atomic mass is 10.1. The number of hydrogen-bond acceptors (Lipinski definition) is 5. The summed E-state index contributed by atoms with van der Waals surface area (Å²) in [5.74, 6) is 3.21. The van der Waals surface area contributed by atoms with E-state index >= 15 is 0 Å². The van der Waals surface area contributed by atoms with Crippen molar-refractivity contribution >= 4 is 35.8 Å². The summed E-state index contributed by atoms with van der Waals surface area (Å²) in [7, 11) is 7.27. The van der Waals surface area contributed by atoms with Gasteiger partial charge in [0.05, 0.1) is 20.8 Å². The number of nitrogens with one attached hydrogen (secondary N) is 2. The number of benzene rings is 1. The van der Waals surface area contributed by atoms with Gasteiger partial charge in [-0.05, 0) is 37.1 Å². The molecule has 0 fully saturated rings. The van der Waals surface area contributed by atoms with Crippen LogP contribution in [0.3, 0.4) is 0 Å². The van der Waals surface area contributed by atoms with Crippen LogP contribution in [-0.4, -0.2) is 52.3 Å². The summed E-state index contributed by atoms with van der Waals surface area (Å²) < 4.78 is 10.7. The van der Waals surface area contributed by atoms with Gasteiger partial charge in [-0.2, -0.15) is 0 Å². The van der Waals surface area contributed by atoms with Crippen molar-refractivity contribution in [1.29, 1.82) is 0 Å². The van der Waals surface area contributed by atoms with Crippen LogP contribution in [-0.2, 0) is 13.0 Å². The second kappa shape index (κ2) is 13.1. The molecule has 0 amide bonds. The summed E-state index contributed by atoms with van der Waals surface area (Å²) in [6, 6.07) is 9.97. The second-order valence-electron chi connectivity index (χ2n) is 6.44. The zero-order chi connectivity index (χ0) is 20.4. The molecule has 0 spiro atoms. The zero-order valence-electron chi connectivity index (χ0n) is 17.9. The Morgan fingerprint density at radius 2 is 1.86 bits per heavy atom. The van der Waals surface area contributed by atoms with Crippen molar-refractivity contribution < 1.29 is 9.47 Å². The molecule has 0 saturated carbocycles. The van der Waals surface area contributed by atoms with Gasteiger partial charge < -0.3 is 25.0 Å². The van der Waals surface area contributed by atoms with Gasteiger partial charge in [0.25, 0.3) is 0 Å². The number of nitrogens with zero attached hydrogens (tertiary/aromatic N) is 3. The molecule has 2 N–H and O–H groups in total. The largest absolute Gasteiger partial charge is 0.493 e. The fourth-order valence-electron chi connectivity index (χ4n) is 2.82. The predicted octanol–water partition coefficient (Wildman–Crippen LogP) is 3.08. The molecule has 1 heterocycles. The predicted molar refractivity (Wildman–Crippen MR) is 130 cm³/mol. The van der Waals surface area contributed by atoms with Crippen LogP contribution >= 0.6 is 24.0 Å². The van der Waals surface area contributed by atoms with Crippen molar-refractivity contribution in [3.05, 3.63) is 47.7 Å². The molecule has 160 valence electrons. The van der Waals surface area contributed by atoms with E-state index in [1.54, 1.807) is 20.4 Å². The summed E-state index contributed by atoms with van der Waals surface area (Å²) in [6.45, 7) is 4.18. The average Bonchev–Trinajstić information content (AvgIpc) is 2.71. The van der Waals surface area contributed by atoms with Crippen LogP contribution in [0.4, 0.5) is 5.82 Å². The lowest BCUT2D eigenvalue weighted by molar-refractivity contribution is 0.354. The highest BCUT2D eigenvalue weighted by Crippen LogP contribution is 2.27. The van der Waals surface area contributed by atoms with Gasteiger partial charge in [-0.25, -0.2) is 9.98 Å². The molecular formula is C21H32IN5O2. The molecule has 29 heavy (non-hydrogen) atoms. The third-order valence-corrected chi connectivity index (χ3v) is 4.20. The fraction of sp³-hybridized carbons (Fsp3) is 0.429. The van der Waals surface area contributed by atoms with Crippen LogP contribution in [0.2, 0.25) is 0 Å². The van der Waals surface area contributed by atoms with Crippen LogP contribution < -0.4 is 25.0 Å². The third-order valence-electron chi connectivity index (χ3n) is 4.20. The summed E-state index contributed by atoms with van der Waals surface area (Å²) in [5.41, 5.74) is 2.26. The summed E-state index contributed by atoms with van der Waals surface area (Å²) in [4.78, 5) is 11.1. The molecule has 0 aliphatic carbocycles. The molecule has 0 aliphatic rings. The van der Waals surface area contributed by atoms with Crippen LogP contribution in [0.25, 0.3) is 0 Å². The minimum absolute atomic E-state index is 0. The van der Waals surface area contributed by atoms with Gasteiger partial charge >= 0.3 is 0 Å².